The molecule has 0 spiro atoms. The van der Waals surface area contributed by atoms with E-state index in [9.17, 15) is 4.79 Å². The Labute approximate surface area is 117 Å². The van der Waals surface area contributed by atoms with E-state index in [1.807, 2.05) is 0 Å². The van der Waals surface area contributed by atoms with Crippen LogP contribution < -0.4 is 20.5 Å². The van der Waals surface area contributed by atoms with Crippen LogP contribution in [0.5, 0.6) is 11.5 Å². The number of nitrogens with two attached hydrogens (primary N) is 1. The van der Waals surface area contributed by atoms with Gasteiger partial charge in [0.15, 0.2) is 11.5 Å². The molecule has 1 fully saturated rings. The minimum absolute atomic E-state index is 0.0934. The molecule has 1 saturated carbocycles. The molecule has 6 heteroatoms. The maximum atomic E-state index is 12.1. The summed E-state index contributed by atoms with van der Waals surface area (Å²) in [6.45, 7) is 0.351. The fourth-order valence-electron chi connectivity index (χ4n) is 1.88. The van der Waals surface area contributed by atoms with E-state index in [-0.39, 0.29) is 5.91 Å². The summed E-state index contributed by atoms with van der Waals surface area (Å²) in [6.07, 6.45) is 1.64. The highest BCUT2D eigenvalue weighted by atomic mass is 35.5. The second kappa shape index (κ2) is 5.27. The number of ether oxygens (including phenoxy) is 2. The van der Waals surface area contributed by atoms with E-state index in [1.54, 1.807) is 12.1 Å². The van der Waals surface area contributed by atoms with Crippen LogP contribution in [0, 0.1) is 5.41 Å². The standard InChI is InChI=1S/C13H17ClN2O3/c1-18-10-5-8(14)9(6-11(10)19-2)16-12(17)13(7-15)3-4-13/h5-6H,3-4,7,15H2,1-2H3,(H,16,17). The van der Waals surface area contributed by atoms with Gasteiger partial charge in [0.05, 0.1) is 30.3 Å². The molecule has 0 radical (unpaired) electrons. The highest BCUT2D eigenvalue weighted by molar-refractivity contribution is 6.34. The third-order valence-corrected chi connectivity index (χ3v) is 3.76. The van der Waals surface area contributed by atoms with Crippen molar-refractivity contribution in [2.24, 2.45) is 11.1 Å². The van der Waals surface area contributed by atoms with Gasteiger partial charge in [-0.15, -0.1) is 0 Å². The van der Waals surface area contributed by atoms with Crippen molar-refractivity contribution in [1.82, 2.24) is 0 Å². The lowest BCUT2D eigenvalue weighted by molar-refractivity contribution is -0.120. The first-order chi connectivity index (χ1) is 9.06. The number of carbonyl (C=O) groups excluding carboxylic acids is 1. The first-order valence-corrected chi connectivity index (χ1v) is 6.37. The van der Waals surface area contributed by atoms with Crippen LogP contribution >= 0.6 is 11.6 Å². The van der Waals surface area contributed by atoms with Crippen LogP contribution in [-0.4, -0.2) is 26.7 Å². The highest BCUT2D eigenvalue weighted by Gasteiger charge is 2.48. The molecular formula is C13H17ClN2O3. The molecule has 0 atom stereocenters. The van der Waals surface area contributed by atoms with Crippen LogP contribution in [0.1, 0.15) is 12.8 Å². The first-order valence-electron chi connectivity index (χ1n) is 5.99. The van der Waals surface area contributed by atoms with Crippen molar-refractivity contribution in [2.75, 3.05) is 26.1 Å². The molecular weight excluding hydrogens is 268 g/mol. The Morgan fingerprint density at radius 2 is 1.95 bits per heavy atom. The Hall–Kier alpha value is -1.46. The highest BCUT2D eigenvalue weighted by Crippen LogP contribution is 2.46. The molecule has 0 heterocycles. The summed E-state index contributed by atoms with van der Waals surface area (Å²) in [5, 5.41) is 3.21. The molecule has 1 aliphatic rings. The minimum Gasteiger partial charge on any atom is -0.493 e. The monoisotopic (exact) mass is 284 g/mol. The Morgan fingerprint density at radius 1 is 1.37 bits per heavy atom. The van der Waals surface area contributed by atoms with E-state index in [0.29, 0.717) is 28.8 Å². The van der Waals surface area contributed by atoms with Crippen LogP contribution in [0.15, 0.2) is 12.1 Å². The van der Waals surface area contributed by atoms with Gasteiger partial charge in [-0.05, 0) is 12.8 Å². The molecule has 1 aromatic rings. The molecule has 1 amide bonds. The van der Waals surface area contributed by atoms with E-state index in [1.165, 1.54) is 14.2 Å². The zero-order valence-corrected chi connectivity index (χ0v) is 11.7. The van der Waals surface area contributed by atoms with E-state index in [4.69, 9.17) is 26.8 Å². The number of rotatable bonds is 5. The topological polar surface area (TPSA) is 73.6 Å². The van der Waals surface area contributed by atoms with Crippen LogP contribution in [0.2, 0.25) is 5.02 Å². The predicted octanol–water partition coefficient (Wildman–Crippen LogP) is 2.03. The average molecular weight is 285 g/mol. The van der Waals surface area contributed by atoms with Crippen molar-refractivity contribution >= 4 is 23.2 Å². The summed E-state index contributed by atoms with van der Waals surface area (Å²) in [5.74, 6) is 0.939. The molecule has 0 bridgehead atoms. The maximum absolute atomic E-state index is 12.1. The molecule has 0 aromatic heterocycles. The number of hydrogen-bond donors (Lipinski definition) is 2. The van der Waals surface area contributed by atoms with Gasteiger partial charge in [-0.2, -0.15) is 0 Å². The third kappa shape index (κ3) is 2.62. The minimum atomic E-state index is -0.420. The predicted molar refractivity (Wildman–Crippen MR) is 73.9 cm³/mol. The number of carbonyl (C=O) groups is 1. The van der Waals surface area contributed by atoms with Crippen LogP contribution in [0.3, 0.4) is 0 Å². The number of anilines is 1. The Morgan fingerprint density at radius 3 is 2.42 bits per heavy atom. The molecule has 3 N–H and O–H groups in total. The van der Waals surface area contributed by atoms with E-state index in [2.05, 4.69) is 5.32 Å². The number of methoxy groups -OCH3 is 2. The lowest BCUT2D eigenvalue weighted by Gasteiger charge is -2.16. The second-order valence-electron chi connectivity index (χ2n) is 4.63. The molecule has 0 aliphatic heterocycles. The van der Waals surface area contributed by atoms with Crippen molar-refractivity contribution in [2.45, 2.75) is 12.8 Å². The van der Waals surface area contributed by atoms with Gasteiger partial charge in [0.1, 0.15) is 0 Å². The first kappa shape index (κ1) is 14.0. The molecule has 1 aromatic carbocycles. The van der Waals surface area contributed by atoms with Gasteiger partial charge < -0.3 is 20.5 Å². The van der Waals surface area contributed by atoms with Gasteiger partial charge in [0.2, 0.25) is 5.91 Å². The number of amides is 1. The summed E-state index contributed by atoms with van der Waals surface area (Å²) in [6, 6.07) is 3.25. The van der Waals surface area contributed by atoms with Crippen molar-refractivity contribution in [1.29, 1.82) is 0 Å². The normalized spacial score (nSPS) is 15.8. The second-order valence-corrected chi connectivity index (χ2v) is 5.03. The third-order valence-electron chi connectivity index (χ3n) is 3.45. The van der Waals surface area contributed by atoms with Gasteiger partial charge in [0, 0.05) is 18.7 Å². The molecule has 0 saturated heterocycles. The molecule has 1 aliphatic carbocycles. The fraction of sp³-hybridized carbons (Fsp3) is 0.462. The zero-order valence-electron chi connectivity index (χ0n) is 11.0. The summed E-state index contributed by atoms with van der Waals surface area (Å²) in [4.78, 5) is 12.1. The van der Waals surface area contributed by atoms with Crippen LogP contribution in [0.25, 0.3) is 0 Å². The number of benzene rings is 1. The van der Waals surface area contributed by atoms with Crippen molar-refractivity contribution in [3.63, 3.8) is 0 Å². The van der Waals surface area contributed by atoms with Gasteiger partial charge in [-0.25, -0.2) is 0 Å². The van der Waals surface area contributed by atoms with Crippen molar-refractivity contribution in [3.8, 4) is 11.5 Å². The van der Waals surface area contributed by atoms with Gasteiger partial charge in [0.25, 0.3) is 0 Å². The average Bonchev–Trinajstić information content (AvgIpc) is 3.21. The van der Waals surface area contributed by atoms with Crippen molar-refractivity contribution in [3.05, 3.63) is 17.2 Å². The number of halogens is 1. The smallest absolute Gasteiger partial charge is 0.231 e. The van der Waals surface area contributed by atoms with E-state index in [0.717, 1.165) is 12.8 Å². The Balaban J connectivity index is 2.23. The summed E-state index contributed by atoms with van der Waals surface area (Å²) in [7, 11) is 3.06. The fourth-order valence-corrected chi connectivity index (χ4v) is 2.08. The number of hydrogen-bond acceptors (Lipinski definition) is 4. The Bertz CT molecular complexity index is 501. The Kier molecular flexibility index (Phi) is 3.87. The van der Waals surface area contributed by atoms with E-state index >= 15 is 0 Å². The zero-order chi connectivity index (χ0) is 14.0. The quantitative estimate of drug-likeness (QED) is 0.868. The van der Waals surface area contributed by atoms with Crippen molar-refractivity contribution < 1.29 is 14.3 Å². The van der Waals surface area contributed by atoms with Gasteiger partial charge >= 0.3 is 0 Å². The molecule has 104 valence electrons. The van der Waals surface area contributed by atoms with Gasteiger partial charge in [-0.1, -0.05) is 11.6 Å². The molecule has 5 nitrogen and oxygen atoms in total. The SMILES string of the molecule is COc1cc(Cl)c(NC(=O)C2(CN)CC2)cc1OC. The summed E-state index contributed by atoms with van der Waals surface area (Å²) in [5.41, 5.74) is 5.71. The van der Waals surface area contributed by atoms with Crippen LogP contribution in [-0.2, 0) is 4.79 Å². The van der Waals surface area contributed by atoms with E-state index < -0.39 is 5.41 Å². The lowest BCUT2D eigenvalue weighted by atomic mass is 10.1. The maximum Gasteiger partial charge on any atom is 0.231 e. The summed E-state index contributed by atoms with van der Waals surface area (Å²) < 4.78 is 10.3. The van der Waals surface area contributed by atoms with Crippen LogP contribution in [0.4, 0.5) is 5.69 Å². The summed E-state index contributed by atoms with van der Waals surface area (Å²) >= 11 is 6.11. The van der Waals surface area contributed by atoms with Gasteiger partial charge in [-0.3, -0.25) is 4.79 Å². The largest absolute Gasteiger partial charge is 0.493 e. The number of nitrogens with one attached hydrogen (secondary N) is 1. The molecule has 2 rings (SSSR count). The molecule has 19 heavy (non-hydrogen) atoms. The molecule has 0 unspecified atom stereocenters. The lowest BCUT2D eigenvalue weighted by Crippen LogP contribution is -2.30.